The highest BCUT2D eigenvalue weighted by molar-refractivity contribution is 5.91. The highest BCUT2D eigenvalue weighted by Crippen LogP contribution is 2.28. The third-order valence-corrected chi connectivity index (χ3v) is 3.86. The van der Waals surface area contributed by atoms with Crippen molar-refractivity contribution in [3.63, 3.8) is 0 Å². The Morgan fingerprint density at radius 2 is 1.91 bits per heavy atom. The molecule has 0 aliphatic rings. The number of nitrogens with zero attached hydrogens (tertiary/aromatic N) is 2. The van der Waals surface area contributed by atoms with Crippen molar-refractivity contribution in [1.82, 2.24) is 9.38 Å². The van der Waals surface area contributed by atoms with Gasteiger partial charge in [0.1, 0.15) is 17.0 Å². The van der Waals surface area contributed by atoms with E-state index in [2.05, 4.69) is 13.8 Å². The van der Waals surface area contributed by atoms with E-state index in [1.165, 1.54) is 0 Å². The van der Waals surface area contributed by atoms with Gasteiger partial charge in [0.2, 0.25) is 0 Å². The second-order valence-corrected chi connectivity index (χ2v) is 6.23. The summed E-state index contributed by atoms with van der Waals surface area (Å²) in [5, 5.41) is 9.41. The number of carboxylic acids is 1. The Morgan fingerprint density at radius 3 is 2.43 bits per heavy atom. The lowest BCUT2D eigenvalue weighted by atomic mass is 9.95. The minimum Gasteiger partial charge on any atom is -0.490 e. The van der Waals surface area contributed by atoms with Crippen molar-refractivity contribution in [3.05, 3.63) is 29.7 Å². The number of aromatic carboxylic acids is 1. The van der Waals surface area contributed by atoms with Crippen molar-refractivity contribution < 1.29 is 14.6 Å². The van der Waals surface area contributed by atoms with Crippen molar-refractivity contribution in [2.45, 2.75) is 65.4 Å². The number of ether oxygens (including phenoxy) is 1. The van der Waals surface area contributed by atoms with E-state index in [1.54, 1.807) is 16.7 Å². The first kappa shape index (κ1) is 17.3. The molecule has 0 saturated carbocycles. The number of rotatable bonds is 8. The number of carbonyl (C=O) groups is 1. The highest BCUT2D eigenvalue weighted by Gasteiger charge is 2.18. The van der Waals surface area contributed by atoms with Gasteiger partial charge in [0, 0.05) is 24.4 Å². The fourth-order valence-corrected chi connectivity index (χ4v) is 2.88. The highest BCUT2D eigenvalue weighted by atomic mass is 16.5. The van der Waals surface area contributed by atoms with Gasteiger partial charge < -0.3 is 14.2 Å². The molecule has 0 bridgehead atoms. The summed E-state index contributed by atoms with van der Waals surface area (Å²) >= 11 is 0. The Balaban J connectivity index is 2.47. The van der Waals surface area contributed by atoms with Gasteiger partial charge in [0.05, 0.1) is 11.8 Å². The summed E-state index contributed by atoms with van der Waals surface area (Å²) in [5.41, 5.74) is 1.93. The number of fused-ring (bicyclic) bond motifs is 1. The average Bonchev–Trinajstić information content (AvgIpc) is 2.88. The summed E-state index contributed by atoms with van der Waals surface area (Å²) < 4.78 is 7.44. The molecule has 0 atom stereocenters. The maximum Gasteiger partial charge on any atom is 0.341 e. The van der Waals surface area contributed by atoms with Crippen molar-refractivity contribution in [3.8, 4) is 5.75 Å². The van der Waals surface area contributed by atoms with Crippen LogP contribution >= 0.6 is 0 Å². The summed E-state index contributed by atoms with van der Waals surface area (Å²) in [5.74, 6) is -0.191. The molecule has 126 valence electrons. The Labute approximate surface area is 137 Å². The monoisotopic (exact) mass is 318 g/mol. The molecule has 23 heavy (non-hydrogen) atoms. The quantitative estimate of drug-likeness (QED) is 0.778. The SMILES string of the molecule is CCCC(CCC)c1cn2cc(C(=O)O)c(OC(C)C)cc2n1. The molecule has 0 aliphatic carbocycles. The molecule has 5 heteroatoms. The summed E-state index contributed by atoms with van der Waals surface area (Å²) in [6, 6.07) is 1.72. The molecule has 0 radical (unpaired) electrons. The van der Waals surface area contributed by atoms with E-state index in [0.29, 0.717) is 11.7 Å². The molecule has 0 fully saturated rings. The van der Waals surface area contributed by atoms with Crippen LogP contribution in [-0.4, -0.2) is 26.6 Å². The number of hydrogen-bond donors (Lipinski definition) is 1. The van der Waals surface area contributed by atoms with Crippen LogP contribution in [0.3, 0.4) is 0 Å². The minimum absolute atomic E-state index is 0.0853. The maximum atomic E-state index is 11.5. The maximum absolute atomic E-state index is 11.5. The molecule has 0 amide bonds. The number of aromatic nitrogens is 2. The first-order valence-corrected chi connectivity index (χ1v) is 8.38. The molecule has 0 spiro atoms. The molecule has 0 aromatic carbocycles. The first-order chi connectivity index (χ1) is 11.0. The number of carboxylic acid groups (broad SMARTS) is 1. The molecular weight excluding hydrogens is 292 g/mol. The Morgan fingerprint density at radius 1 is 1.26 bits per heavy atom. The third kappa shape index (κ3) is 4.03. The predicted octanol–water partition coefficient (Wildman–Crippen LogP) is 4.50. The summed E-state index contributed by atoms with van der Waals surface area (Å²) in [6.45, 7) is 8.11. The van der Waals surface area contributed by atoms with Crippen molar-refractivity contribution in [2.75, 3.05) is 0 Å². The standard InChI is InChI=1S/C18H26N2O3/c1-5-7-13(8-6-2)15-11-20-10-14(18(21)22)16(23-12(3)4)9-17(20)19-15/h9-13H,5-8H2,1-4H3,(H,21,22). The van der Waals surface area contributed by atoms with Crippen LogP contribution in [-0.2, 0) is 0 Å². The summed E-state index contributed by atoms with van der Waals surface area (Å²) in [6.07, 6.45) is 7.88. The van der Waals surface area contributed by atoms with Gasteiger partial charge in [-0.1, -0.05) is 26.7 Å². The van der Waals surface area contributed by atoms with Crippen molar-refractivity contribution in [1.29, 1.82) is 0 Å². The van der Waals surface area contributed by atoms with E-state index in [1.807, 2.05) is 20.0 Å². The van der Waals surface area contributed by atoms with Crippen LogP contribution in [0.4, 0.5) is 0 Å². The predicted molar refractivity (Wildman–Crippen MR) is 90.5 cm³/mol. The zero-order valence-electron chi connectivity index (χ0n) is 14.4. The summed E-state index contributed by atoms with van der Waals surface area (Å²) in [4.78, 5) is 16.2. The normalized spacial score (nSPS) is 11.6. The zero-order chi connectivity index (χ0) is 17.0. The van der Waals surface area contributed by atoms with Gasteiger partial charge in [-0.3, -0.25) is 0 Å². The van der Waals surface area contributed by atoms with Crippen LogP contribution in [0.2, 0.25) is 0 Å². The fraction of sp³-hybridized carbons (Fsp3) is 0.556. The number of pyridine rings is 1. The topological polar surface area (TPSA) is 63.8 Å². The summed E-state index contributed by atoms with van der Waals surface area (Å²) in [7, 11) is 0. The number of imidazole rings is 1. The van der Waals surface area contributed by atoms with Gasteiger partial charge >= 0.3 is 5.97 Å². The molecule has 0 unspecified atom stereocenters. The zero-order valence-corrected chi connectivity index (χ0v) is 14.4. The van der Waals surface area contributed by atoms with Gasteiger partial charge in [0.25, 0.3) is 0 Å². The molecule has 1 N–H and O–H groups in total. The van der Waals surface area contributed by atoms with E-state index in [-0.39, 0.29) is 11.7 Å². The third-order valence-electron chi connectivity index (χ3n) is 3.86. The lowest BCUT2D eigenvalue weighted by Crippen LogP contribution is -2.10. The van der Waals surface area contributed by atoms with Crippen LogP contribution in [0.1, 0.15) is 75.3 Å². The van der Waals surface area contributed by atoms with E-state index in [9.17, 15) is 9.90 Å². The van der Waals surface area contributed by atoms with Gasteiger partial charge in [-0.2, -0.15) is 0 Å². The average molecular weight is 318 g/mol. The van der Waals surface area contributed by atoms with Crippen LogP contribution in [0.5, 0.6) is 5.75 Å². The molecule has 0 aliphatic heterocycles. The first-order valence-electron chi connectivity index (χ1n) is 8.38. The van der Waals surface area contributed by atoms with Gasteiger partial charge in [-0.05, 0) is 26.7 Å². The molecule has 2 rings (SSSR count). The van der Waals surface area contributed by atoms with Gasteiger partial charge in [-0.15, -0.1) is 0 Å². The van der Waals surface area contributed by atoms with E-state index >= 15 is 0 Å². The Hall–Kier alpha value is -2.04. The molecule has 0 saturated heterocycles. The molecule has 2 aromatic rings. The van der Waals surface area contributed by atoms with Crippen molar-refractivity contribution >= 4 is 11.6 Å². The molecule has 2 aromatic heterocycles. The molecule has 2 heterocycles. The van der Waals surface area contributed by atoms with Gasteiger partial charge in [-0.25, -0.2) is 9.78 Å². The van der Waals surface area contributed by atoms with Crippen LogP contribution in [0, 0.1) is 0 Å². The Kier molecular flexibility index (Phi) is 5.64. The largest absolute Gasteiger partial charge is 0.490 e. The lowest BCUT2D eigenvalue weighted by molar-refractivity contribution is 0.0690. The smallest absolute Gasteiger partial charge is 0.341 e. The second-order valence-electron chi connectivity index (χ2n) is 6.23. The van der Waals surface area contributed by atoms with Crippen LogP contribution in [0.15, 0.2) is 18.5 Å². The minimum atomic E-state index is -0.989. The van der Waals surface area contributed by atoms with E-state index in [4.69, 9.17) is 9.72 Å². The molecule has 5 nitrogen and oxygen atoms in total. The van der Waals surface area contributed by atoms with E-state index in [0.717, 1.165) is 37.0 Å². The van der Waals surface area contributed by atoms with Crippen molar-refractivity contribution in [2.24, 2.45) is 0 Å². The fourth-order valence-electron chi connectivity index (χ4n) is 2.88. The number of hydrogen-bond acceptors (Lipinski definition) is 3. The Bertz CT molecular complexity index is 670. The van der Waals surface area contributed by atoms with E-state index < -0.39 is 5.97 Å². The molecular formula is C18H26N2O3. The van der Waals surface area contributed by atoms with Crippen LogP contribution in [0.25, 0.3) is 5.65 Å². The van der Waals surface area contributed by atoms with Gasteiger partial charge in [0.15, 0.2) is 0 Å². The van der Waals surface area contributed by atoms with Crippen LogP contribution < -0.4 is 4.74 Å². The second kappa shape index (κ2) is 7.49. The lowest BCUT2D eigenvalue weighted by Gasteiger charge is -2.12.